The fraction of sp³-hybridized carbons (Fsp3) is 0.375. The van der Waals surface area contributed by atoms with Crippen molar-refractivity contribution in [3.63, 3.8) is 0 Å². The van der Waals surface area contributed by atoms with Crippen LogP contribution in [0.3, 0.4) is 0 Å². The lowest BCUT2D eigenvalue weighted by Gasteiger charge is -2.30. The van der Waals surface area contributed by atoms with Gasteiger partial charge in [-0.1, -0.05) is 46.6 Å². The number of aryl methyl sites for hydroxylation is 3. The molecule has 4 rings (SSSR count). The van der Waals surface area contributed by atoms with Crippen LogP contribution in [-0.2, 0) is 11.3 Å². The summed E-state index contributed by atoms with van der Waals surface area (Å²) in [5, 5.41) is 7.82. The Morgan fingerprint density at radius 2 is 1.84 bits per heavy atom. The number of piperidine rings is 1. The summed E-state index contributed by atoms with van der Waals surface area (Å²) in [6, 6.07) is 11.7. The normalized spacial score (nSPS) is 15.2. The summed E-state index contributed by atoms with van der Waals surface area (Å²) in [6.07, 6.45) is 1.61. The van der Waals surface area contributed by atoms with Gasteiger partial charge in [-0.3, -0.25) is 9.69 Å². The molecule has 3 aromatic rings. The van der Waals surface area contributed by atoms with Gasteiger partial charge in [-0.25, -0.2) is 0 Å². The number of carbonyl (C=O) groups excluding carboxylic acids is 1. The van der Waals surface area contributed by atoms with E-state index >= 15 is 0 Å². The Hall–Kier alpha value is -2.70. The molecule has 1 aromatic heterocycles. The number of halogens is 1. The van der Waals surface area contributed by atoms with Gasteiger partial charge < -0.3 is 9.84 Å². The summed E-state index contributed by atoms with van der Waals surface area (Å²) >= 11 is 6.22. The molecule has 1 N–H and O–H groups in total. The quantitative estimate of drug-likeness (QED) is 0.595. The second kappa shape index (κ2) is 9.20. The molecular formula is C24H27ClN4O2. The van der Waals surface area contributed by atoms with Crippen LogP contribution in [0.4, 0.5) is 5.69 Å². The van der Waals surface area contributed by atoms with Crippen molar-refractivity contribution in [2.45, 2.75) is 40.2 Å². The maximum atomic E-state index is 12.8. The van der Waals surface area contributed by atoms with Gasteiger partial charge in [-0.05, 0) is 70.0 Å². The number of aromatic nitrogens is 2. The first kappa shape index (κ1) is 21.5. The second-order valence-corrected chi connectivity index (χ2v) is 8.71. The largest absolute Gasteiger partial charge is 0.338 e. The molecule has 0 radical (unpaired) electrons. The minimum atomic E-state index is 0.0118. The molecule has 31 heavy (non-hydrogen) atoms. The molecule has 1 aliphatic heterocycles. The molecule has 0 bridgehead atoms. The minimum Gasteiger partial charge on any atom is -0.338 e. The molecule has 1 aliphatic rings. The highest BCUT2D eigenvalue weighted by Crippen LogP contribution is 2.27. The number of amides is 1. The molecule has 2 aromatic carbocycles. The van der Waals surface area contributed by atoms with Crippen LogP contribution in [0, 0.1) is 26.7 Å². The van der Waals surface area contributed by atoms with E-state index in [4.69, 9.17) is 16.1 Å². The number of carbonyl (C=O) groups is 1. The zero-order valence-electron chi connectivity index (χ0n) is 18.1. The Labute approximate surface area is 187 Å². The zero-order chi connectivity index (χ0) is 22.0. The van der Waals surface area contributed by atoms with Crippen LogP contribution in [0.5, 0.6) is 0 Å². The van der Waals surface area contributed by atoms with Crippen molar-refractivity contribution in [2.75, 3.05) is 18.4 Å². The van der Waals surface area contributed by atoms with Crippen LogP contribution in [0.2, 0.25) is 5.02 Å². The minimum absolute atomic E-state index is 0.0118. The number of nitrogens with zero attached hydrogens (tertiary/aromatic N) is 3. The van der Waals surface area contributed by atoms with Crippen molar-refractivity contribution < 1.29 is 9.32 Å². The van der Waals surface area contributed by atoms with Gasteiger partial charge in [0.25, 0.3) is 0 Å². The highest BCUT2D eigenvalue weighted by molar-refractivity contribution is 6.33. The van der Waals surface area contributed by atoms with E-state index in [1.807, 2.05) is 38.1 Å². The molecule has 1 saturated heterocycles. The Morgan fingerprint density at radius 1 is 1.16 bits per heavy atom. The fourth-order valence-corrected chi connectivity index (χ4v) is 4.44. The highest BCUT2D eigenvalue weighted by Gasteiger charge is 2.26. The lowest BCUT2D eigenvalue weighted by atomic mass is 9.95. The third kappa shape index (κ3) is 4.97. The molecule has 0 unspecified atom stereocenters. The molecule has 7 heteroatoms. The van der Waals surface area contributed by atoms with Crippen molar-refractivity contribution in [1.82, 2.24) is 15.0 Å². The van der Waals surface area contributed by atoms with E-state index < -0.39 is 0 Å². The van der Waals surface area contributed by atoms with E-state index in [-0.39, 0.29) is 11.8 Å². The first-order valence-electron chi connectivity index (χ1n) is 10.6. The van der Waals surface area contributed by atoms with E-state index in [2.05, 4.69) is 39.4 Å². The summed E-state index contributed by atoms with van der Waals surface area (Å²) < 4.78 is 5.43. The van der Waals surface area contributed by atoms with Crippen LogP contribution in [0.15, 0.2) is 40.9 Å². The lowest BCUT2D eigenvalue weighted by molar-refractivity contribution is -0.121. The first-order chi connectivity index (χ1) is 14.9. The number of anilines is 1. The molecule has 0 spiro atoms. The molecule has 0 atom stereocenters. The molecule has 2 heterocycles. The van der Waals surface area contributed by atoms with Crippen LogP contribution in [-0.4, -0.2) is 34.0 Å². The highest BCUT2D eigenvalue weighted by atomic mass is 35.5. The smallest absolute Gasteiger partial charge is 0.241 e. The number of hydrogen-bond acceptors (Lipinski definition) is 5. The molecule has 6 nitrogen and oxygen atoms in total. The van der Waals surface area contributed by atoms with Gasteiger partial charge in [0, 0.05) is 17.2 Å². The molecule has 1 fully saturated rings. The van der Waals surface area contributed by atoms with Crippen molar-refractivity contribution in [1.29, 1.82) is 0 Å². The van der Waals surface area contributed by atoms with Crippen molar-refractivity contribution >= 4 is 23.2 Å². The third-order valence-corrected chi connectivity index (χ3v) is 6.15. The SMILES string of the molecule is Cc1cc(C)c(NC(=O)C2CCN(Cc3nc(-c4ccccc4Cl)no3)CC2)c(C)c1. The molecule has 0 aliphatic carbocycles. The Balaban J connectivity index is 1.32. The van der Waals surface area contributed by atoms with Crippen LogP contribution >= 0.6 is 11.6 Å². The van der Waals surface area contributed by atoms with Gasteiger partial charge in [0.15, 0.2) is 0 Å². The third-order valence-electron chi connectivity index (χ3n) is 5.83. The average Bonchev–Trinajstić information content (AvgIpc) is 3.19. The first-order valence-corrected chi connectivity index (χ1v) is 11.0. The van der Waals surface area contributed by atoms with Gasteiger partial charge in [0.05, 0.1) is 11.6 Å². The second-order valence-electron chi connectivity index (χ2n) is 8.30. The Morgan fingerprint density at radius 3 is 2.52 bits per heavy atom. The zero-order valence-corrected chi connectivity index (χ0v) is 18.9. The predicted octanol–water partition coefficient (Wildman–Crippen LogP) is 5.17. The number of likely N-dealkylation sites (tertiary alicyclic amines) is 1. The number of rotatable bonds is 5. The van der Waals surface area contributed by atoms with E-state index in [9.17, 15) is 4.79 Å². The van der Waals surface area contributed by atoms with Crippen LogP contribution in [0.25, 0.3) is 11.4 Å². The molecule has 0 saturated carbocycles. The van der Waals surface area contributed by atoms with Crippen LogP contribution < -0.4 is 5.32 Å². The van der Waals surface area contributed by atoms with E-state index in [1.54, 1.807) is 0 Å². The van der Waals surface area contributed by atoms with Gasteiger partial charge >= 0.3 is 0 Å². The van der Waals surface area contributed by atoms with E-state index in [0.29, 0.717) is 23.3 Å². The standard InChI is InChI=1S/C24H27ClN4O2/c1-15-12-16(2)22(17(3)13-15)27-24(30)18-8-10-29(11-9-18)14-21-26-23(28-31-21)19-6-4-5-7-20(19)25/h4-7,12-13,18H,8-11,14H2,1-3H3,(H,27,30). The maximum Gasteiger partial charge on any atom is 0.241 e. The maximum absolute atomic E-state index is 12.8. The van der Waals surface area contributed by atoms with Crippen molar-refractivity contribution in [3.8, 4) is 11.4 Å². The molecule has 1 amide bonds. The van der Waals surface area contributed by atoms with Gasteiger partial charge in [0.1, 0.15) is 0 Å². The van der Waals surface area contributed by atoms with E-state index in [0.717, 1.165) is 48.3 Å². The molecular weight excluding hydrogens is 412 g/mol. The van der Waals surface area contributed by atoms with Gasteiger partial charge in [-0.2, -0.15) is 4.98 Å². The number of hydrogen-bond donors (Lipinski definition) is 1. The summed E-state index contributed by atoms with van der Waals surface area (Å²) in [5.41, 5.74) is 5.12. The number of nitrogens with one attached hydrogen (secondary N) is 1. The Kier molecular flexibility index (Phi) is 6.39. The fourth-order valence-electron chi connectivity index (χ4n) is 4.22. The number of benzene rings is 2. The lowest BCUT2D eigenvalue weighted by Crippen LogP contribution is -2.38. The topological polar surface area (TPSA) is 71.3 Å². The average molecular weight is 439 g/mol. The van der Waals surface area contributed by atoms with Gasteiger partial charge in [0.2, 0.25) is 17.6 Å². The summed E-state index contributed by atoms with van der Waals surface area (Å²) in [6.45, 7) is 8.35. The predicted molar refractivity (Wildman–Crippen MR) is 122 cm³/mol. The summed E-state index contributed by atoms with van der Waals surface area (Å²) in [7, 11) is 0. The van der Waals surface area contributed by atoms with Crippen molar-refractivity contribution in [3.05, 3.63) is 64.0 Å². The van der Waals surface area contributed by atoms with Gasteiger partial charge in [-0.15, -0.1) is 0 Å². The molecule has 162 valence electrons. The van der Waals surface area contributed by atoms with Crippen LogP contribution in [0.1, 0.15) is 35.4 Å². The summed E-state index contributed by atoms with van der Waals surface area (Å²) in [5.74, 6) is 1.17. The van der Waals surface area contributed by atoms with Crippen molar-refractivity contribution in [2.24, 2.45) is 5.92 Å². The van der Waals surface area contributed by atoms with E-state index in [1.165, 1.54) is 5.56 Å². The Bertz CT molecular complexity index is 1060. The summed E-state index contributed by atoms with van der Waals surface area (Å²) in [4.78, 5) is 19.6. The monoisotopic (exact) mass is 438 g/mol.